The molecule has 1 N–H and O–H groups in total. The first-order chi connectivity index (χ1) is 10.0. The third kappa shape index (κ3) is 4.13. The van der Waals surface area contributed by atoms with Crippen molar-refractivity contribution in [3.05, 3.63) is 22.2 Å². The van der Waals surface area contributed by atoms with Crippen LogP contribution in [0.5, 0.6) is 11.5 Å². The summed E-state index contributed by atoms with van der Waals surface area (Å²) in [6, 6.07) is 4.59. The van der Waals surface area contributed by atoms with Gasteiger partial charge in [0, 0.05) is 12.6 Å². The number of ether oxygens (including phenoxy) is 1. The number of phenolic OH excluding ortho intramolecular Hbond substituents is 1. The van der Waals surface area contributed by atoms with E-state index in [1.54, 1.807) is 0 Å². The summed E-state index contributed by atoms with van der Waals surface area (Å²) in [6.45, 7) is 5.72. The van der Waals surface area contributed by atoms with Gasteiger partial charge < -0.3 is 9.84 Å². The van der Waals surface area contributed by atoms with Gasteiger partial charge in [-0.05, 0) is 66.4 Å². The number of halogens is 1. The van der Waals surface area contributed by atoms with Crippen LogP contribution >= 0.6 is 15.9 Å². The molecule has 0 aliphatic heterocycles. The van der Waals surface area contributed by atoms with Crippen LogP contribution in [0, 0.1) is 5.92 Å². The Kier molecular flexibility index (Phi) is 5.94. The van der Waals surface area contributed by atoms with Crippen molar-refractivity contribution in [2.75, 3.05) is 13.7 Å². The maximum absolute atomic E-state index is 9.99. The highest BCUT2D eigenvalue weighted by Gasteiger charge is 2.25. The molecule has 0 radical (unpaired) electrons. The summed E-state index contributed by atoms with van der Waals surface area (Å²) in [5.74, 6) is 1.51. The lowest BCUT2D eigenvalue weighted by atomic mass is 9.85. The Hall–Kier alpha value is -0.740. The van der Waals surface area contributed by atoms with Crippen molar-refractivity contribution in [1.29, 1.82) is 0 Å². The van der Waals surface area contributed by atoms with Crippen LogP contribution in [-0.2, 0) is 6.54 Å². The van der Waals surface area contributed by atoms with Gasteiger partial charge in [0.05, 0.1) is 11.1 Å². The summed E-state index contributed by atoms with van der Waals surface area (Å²) in [5.41, 5.74) is 1.17. The van der Waals surface area contributed by atoms with E-state index in [0.29, 0.717) is 22.9 Å². The molecule has 118 valence electrons. The second kappa shape index (κ2) is 7.50. The van der Waals surface area contributed by atoms with Gasteiger partial charge >= 0.3 is 0 Å². The van der Waals surface area contributed by atoms with Gasteiger partial charge in [0.2, 0.25) is 0 Å². The van der Waals surface area contributed by atoms with E-state index in [1.807, 2.05) is 19.1 Å². The van der Waals surface area contributed by atoms with E-state index >= 15 is 0 Å². The van der Waals surface area contributed by atoms with E-state index in [2.05, 4.69) is 34.8 Å². The van der Waals surface area contributed by atoms with Gasteiger partial charge in [-0.1, -0.05) is 19.8 Å². The van der Waals surface area contributed by atoms with Crippen LogP contribution in [0.15, 0.2) is 16.6 Å². The Morgan fingerprint density at radius 3 is 2.71 bits per heavy atom. The largest absolute Gasteiger partial charge is 0.503 e. The molecule has 1 aromatic rings. The molecule has 0 bridgehead atoms. The first-order valence-electron chi connectivity index (χ1n) is 7.87. The standard InChI is InChI=1S/C17H26BrNO2/c1-4-21-16-10-13(9-14(18)17(16)20)11-19(3)15-8-6-5-7-12(15)2/h9-10,12,15,20H,4-8,11H2,1-3H3. The lowest BCUT2D eigenvalue weighted by molar-refractivity contribution is 0.133. The van der Waals surface area contributed by atoms with Gasteiger partial charge in [0.25, 0.3) is 0 Å². The normalized spacial score (nSPS) is 22.5. The Bertz CT molecular complexity index is 478. The molecule has 3 nitrogen and oxygen atoms in total. The summed E-state index contributed by atoms with van der Waals surface area (Å²) in [5, 5.41) is 9.99. The first-order valence-corrected chi connectivity index (χ1v) is 8.66. The first kappa shape index (κ1) is 16.6. The number of phenols is 1. The second-order valence-corrected chi connectivity index (χ2v) is 6.96. The highest BCUT2D eigenvalue weighted by molar-refractivity contribution is 9.10. The fraction of sp³-hybridized carbons (Fsp3) is 0.647. The summed E-state index contributed by atoms with van der Waals surface area (Å²) < 4.78 is 6.21. The molecular formula is C17H26BrNO2. The summed E-state index contributed by atoms with van der Waals surface area (Å²) >= 11 is 3.42. The number of rotatable bonds is 5. The van der Waals surface area contributed by atoms with Crippen LogP contribution in [0.25, 0.3) is 0 Å². The maximum Gasteiger partial charge on any atom is 0.172 e. The topological polar surface area (TPSA) is 32.7 Å². The average molecular weight is 356 g/mol. The molecule has 0 heterocycles. The molecule has 0 amide bonds. The highest BCUT2D eigenvalue weighted by atomic mass is 79.9. The fourth-order valence-electron chi connectivity index (χ4n) is 3.34. The zero-order valence-corrected chi connectivity index (χ0v) is 14.8. The second-order valence-electron chi connectivity index (χ2n) is 6.10. The lowest BCUT2D eigenvalue weighted by Gasteiger charge is -2.36. The summed E-state index contributed by atoms with van der Waals surface area (Å²) in [4.78, 5) is 2.44. The van der Waals surface area contributed by atoms with Crippen LogP contribution in [0.4, 0.5) is 0 Å². The molecule has 1 fully saturated rings. The van der Waals surface area contributed by atoms with E-state index in [9.17, 15) is 5.11 Å². The minimum absolute atomic E-state index is 0.189. The smallest absolute Gasteiger partial charge is 0.172 e. The molecule has 1 aliphatic carbocycles. The molecule has 2 unspecified atom stereocenters. The predicted octanol–water partition coefficient (Wildman–Crippen LogP) is 4.56. The minimum atomic E-state index is 0.189. The van der Waals surface area contributed by atoms with Gasteiger partial charge in [-0.2, -0.15) is 0 Å². The van der Waals surface area contributed by atoms with Gasteiger partial charge in [-0.15, -0.1) is 0 Å². The average Bonchev–Trinajstić information content (AvgIpc) is 2.45. The monoisotopic (exact) mass is 355 g/mol. The van der Waals surface area contributed by atoms with E-state index in [-0.39, 0.29) is 5.75 Å². The van der Waals surface area contributed by atoms with E-state index in [4.69, 9.17) is 4.74 Å². The molecule has 2 atom stereocenters. The molecule has 0 spiro atoms. The zero-order valence-electron chi connectivity index (χ0n) is 13.2. The van der Waals surface area contributed by atoms with Crippen LogP contribution in [0.1, 0.15) is 45.1 Å². The zero-order chi connectivity index (χ0) is 15.4. The van der Waals surface area contributed by atoms with Crippen molar-refractivity contribution in [1.82, 2.24) is 4.90 Å². The predicted molar refractivity (Wildman–Crippen MR) is 89.9 cm³/mol. The molecule has 1 saturated carbocycles. The summed E-state index contributed by atoms with van der Waals surface area (Å²) in [6.07, 6.45) is 5.32. The van der Waals surface area contributed by atoms with Gasteiger partial charge in [-0.25, -0.2) is 0 Å². The third-order valence-corrected chi connectivity index (χ3v) is 5.06. The SMILES string of the molecule is CCOc1cc(CN(C)C2CCCCC2C)cc(Br)c1O. The number of hydrogen-bond donors (Lipinski definition) is 1. The van der Waals surface area contributed by atoms with Gasteiger partial charge in [0.1, 0.15) is 0 Å². The van der Waals surface area contributed by atoms with Gasteiger partial charge in [0.15, 0.2) is 11.5 Å². The Labute approximate surface area is 136 Å². The van der Waals surface area contributed by atoms with Gasteiger partial charge in [-0.3, -0.25) is 4.90 Å². The maximum atomic E-state index is 9.99. The van der Waals surface area contributed by atoms with Crippen molar-refractivity contribution in [2.24, 2.45) is 5.92 Å². The lowest BCUT2D eigenvalue weighted by Crippen LogP contribution is -2.38. The molecule has 0 saturated heterocycles. The van der Waals surface area contributed by atoms with Crippen LogP contribution in [0.2, 0.25) is 0 Å². The molecule has 4 heteroatoms. The molecule has 2 rings (SSSR count). The number of aromatic hydroxyl groups is 1. The third-order valence-electron chi connectivity index (χ3n) is 4.45. The molecular weight excluding hydrogens is 330 g/mol. The summed E-state index contributed by atoms with van der Waals surface area (Å²) in [7, 11) is 2.20. The molecule has 1 aliphatic rings. The van der Waals surface area contributed by atoms with Crippen LogP contribution < -0.4 is 4.74 Å². The quantitative estimate of drug-likeness (QED) is 0.839. The van der Waals surface area contributed by atoms with E-state index in [0.717, 1.165) is 12.5 Å². The molecule has 1 aromatic carbocycles. The molecule has 21 heavy (non-hydrogen) atoms. The number of nitrogens with zero attached hydrogens (tertiary/aromatic N) is 1. The van der Waals surface area contributed by atoms with Crippen LogP contribution in [0.3, 0.4) is 0 Å². The number of benzene rings is 1. The highest BCUT2D eigenvalue weighted by Crippen LogP contribution is 2.36. The van der Waals surface area contributed by atoms with Crippen molar-refractivity contribution in [3.8, 4) is 11.5 Å². The number of hydrogen-bond acceptors (Lipinski definition) is 3. The Balaban J connectivity index is 2.11. The van der Waals surface area contributed by atoms with E-state index in [1.165, 1.54) is 31.2 Å². The Morgan fingerprint density at radius 1 is 1.33 bits per heavy atom. The Morgan fingerprint density at radius 2 is 2.05 bits per heavy atom. The van der Waals surface area contributed by atoms with Crippen molar-refractivity contribution < 1.29 is 9.84 Å². The van der Waals surface area contributed by atoms with Crippen molar-refractivity contribution >= 4 is 15.9 Å². The molecule has 0 aromatic heterocycles. The van der Waals surface area contributed by atoms with E-state index < -0.39 is 0 Å². The van der Waals surface area contributed by atoms with Crippen LogP contribution in [-0.4, -0.2) is 29.7 Å². The van der Waals surface area contributed by atoms with Crippen molar-refractivity contribution in [2.45, 2.75) is 52.1 Å². The van der Waals surface area contributed by atoms with Crippen molar-refractivity contribution in [3.63, 3.8) is 0 Å². The fourth-order valence-corrected chi connectivity index (χ4v) is 3.83. The minimum Gasteiger partial charge on any atom is -0.503 e.